The predicted molar refractivity (Wildman–Crippen MR) is 133 cm³/mol. The molecule has 0 aliphatic heterocycles. The second-order valence-electron chi connectivity index (χ2n) is 7.33. The van der Waals surface area contributed by atoms with Crippen LogP contribution in [0.1, 0.15) is 92.9 Å². The number of carbonyl (C=O) groups excluding carboxylic acids is 2. The molecule has 0 aliphatic carbocycles. The standard InChI is InChI=1S/C4H4O4.4C4H9.2C2H5O.2Sn/c5-3(6)1-2-4(7)8;4*1-3-4-2;2*1-2-3;;/h1-2H,(H,5,6)(H,7,8);4*1,3-4H2,2H3;2*2H2,1H3;;/q;;;;;2*-1;2*+2/p-2/b2-1-;;;;;;;;. The van der Waals surface area contributed by atoms with Crippen LogP contribution >= 0.6 is 0 Å². The van der Waals surface area contributed by atoms with Gasteiger partial charge < -0.3 is 19.8 Å². The molecule has 0 N–H and O–H groups in total. The normalized spacial score (nSPS) is 10.1. The summed E-state index contributed by atoms with van der Waals surface area (Å²) in [7, 11) is 0. The van der Waals surface area contributed by atoms with E-state index in [1.807, 2.05) is 0 Å². The molecule has 188 valence electrons. The minimum atomic E-state index is -1.55. The van der Waals surface area contributed by atoms with E-state index >= 15 is 0 Å². The van der Waals surface area contributed by atoms with E-state index in [-0.39, 0.29) is 0 Å². The van der Waals surface area contributed by atoms with E-state index < -0.39 is 52.3 Å². The molecular formula is C24H48O6Sn2. The Hall–Kier alpha value is 0.197. The Balaban J connectivity index is -0.000000404. The van der Waals surface area contributed by atoms with Crippen LogP contribution in [0.4, 0.5) is 0 Å². The number of aliphatic carboxylic acids is 2. The zero-order valence-corrected chi connectivity index (χ0v) is 27.2. The number of carbonyl (C=O) groups is 2. The summed E-state index contributed by atoms with van der Waals surface area (Å²) in [4.78, 5) is 18.8. The molecule has 0 aliphatic rings. The van der Waals surface area contributed by atoms with Crippen molar-refractivity contribution in [1.82, 2.24) is 0 Å². The van der Waals surface area contributed by atoms with Crippen molar-refractivity contribution in [3.63, 3.8) is 0 Å². The Morgan fingerprint density at radius 3 is 1.00 bits per heavy atom. The topological polar surface area (TPSA) is 98.7 Å². The van der Waals surface area contributed by atoms with Crippen molar-refractivity contribution in [3.05, 3.63) is 12.2 Å². The van der Waals surface area contributed by atoms with Crippen LogP contribution in [0.15, 0.2) is 12.2 Å². The van der Waals surface area contributed by atoms with E-state index in [4.69, 9.17) is 6.15 Å². The van der Waals surface area contributed by atoms with Crippen LogP contribution in [-0.2, 0) is 15.7 Å². The first-order valence-corrected chi connectivity index (χ1v) is 22.8. The number of hydrogen-bond acceptors (Lipinski definition) is 6. The summed E-state index contributed by atoms with van der Waals surface area (Å²) in [6.07, 6.45) is 11.7. The number of rotatable bonds is 18. The maximum Gasteiger partial charge on any atom is 0.0643 e. The Labute approximate surface area is 213 Å². The minimum absolute atomic E-state index is 0.384. The quantitative estimate of drug-likeness (QED) is 0.160. The Bertz CT molecular complexity index is 379. The second-order valence-corrected chi connectivity index (χ2v) is 20.8. The van der Waals surface area contributed by atoms with Crippen molar-refractivity contribution in [2.45, 2.75) is 111 Å². The fourth-order valence-corrected chi connectivity index (χ4v) is 16.5. The predicted octanol–water partition coefficient (Wildman–Crippen LogP) is 4.27. The number of unbranched alkanes of at least 4 members (excludes halogenated alkanes) is 4. The third-order valence-electron chi connectivity index (χ3n) is 4.29. The first kappa shape index (κ1) is 36.8. The van der Waals surface area contributed by atoms with Gasteiger partial charge in [0.2, 0.25) is 0 Å². The zero-order chi connectivity index (χ0) is 25.0. The van der Waals surface area contributed by atoms with Crippen LogP contribution in [0.5, 0.6) is 0 Å². The van der Waals surface area contributed by atoms with Crippen LogP contribution in [0.3, 0.4) is 0 Å². The van der Waals surface area contributed by atoms with E-state index in [2.05, 4.69) is 41.5 Å². The maximum atomic E-state index is 9.41. The van der Waals surface area contributed by atoms with Crippen molar-refractivity contribution < 1.29 is 26.0 Å². The molecule has 32 heavy (non-hydrogen) atoms. The van der Waals surface area contributed by atoms with Gasteiger partial charge >= 0.3 is 170 Å². The van der Waals surface area contributed by atoms with E-state index in [0.717, 1.165) is 13.2 Å². The van der Waals surface area contributed by atoms with Crippen LogP contribution < -0.4 is 10.2 Å². The SMILES string of the molecule is CCC[CH2][Sn+]([CH2]CCC)[O]CC.CCC[CH2][Sn+]([CH2]CCC)[O]CC.O=C([O-])/C=C\C(=O)[O-]. The average Bonchev–Trinajstić information content (AvgIpc) is 2.77. The van der Waals surface area contributed by atoms with Crippen molar-refractivity contribution in [2.24, 2.45) is 0 Å². The molecule has 0 saturated heterocycles. The van der Waals surface area contributed by atoms with Gasteiger partial charge in [0.25, 0.3) is 0 Å². The second kappa shape index (κ2) is 31.2. The van der Waals surface area contributed by atoms with Gasteiger partial charge in [0.1, 0.15) is 0 Å². The molecule has 0 unspecified atom stereocenters. The number of carboxylic acid groups (broad SMARTS) is 2. The molecule has 0 heterocycles. The van der Waals surface area contributed by atoms with Gasteiger partial charge in [0, 0.05) is 0 Å². The summed E-state index contributed by atoms with van der Waals surface area (Å²) < 4.78 is 17.5. The monoisotopic (exact) mass is 672 g/mol. The van der Waals surface area contributed by atoms with Crippen molar-refractivity contribution in [2.75, 3.05) is 13.2 Å². The molecule has 0 aromatic carbocycles. The molecular weight excluding hydrogens is 622 g/mol. The summed E-state index contributed by atoms with van der Waals surface area (Å²) in [5.74, 6) is -3.09. The van der Waals surface area contributed by atoms with Crippen LogP contribution in [0.25, 0.3) is 0 Å². The van der Waals surface area contributed by atoms with Crippen LogP contribution in [-0.4, -0.2) is 65.5 Å². The third-order valence-corrected chi connectivity index (χ3v) is 18.7. The van der Waals surface area contributed by atoms with E-state index in [1.54, 1.807) is 0 Å². The molecule has 0 bridgehead atoms. The Kier molecular flexibility index (Phi) is 35.8. The molecule has 0 rings (SSSR count). The number of hydrogen-bond donors (Lipinski definition) is 0. The molecule has 0 aromatic rings. The molecule has 0 spiro atoms. The van der Waals surface area contributed by atoms with Gasteiger partial charge in [0.15, 0.2) is 0 Å². The summed E-state index contributed by atoms with van der Waals surface area (Å²) in [6, 6.07) is 0. The molecule has 0 atom stereocenters. The van der Waals surface area contributed by atoms with E-state index in [1.165, 1.54) is 69.1 Å². The van der Waals surface area contributed by atoms with Gasteiger partial charge in [0.05, 0.1) is 11.9 Å². The Morgan fingerprint density at radius 1 is 0.594 bits per heavy atom. The summed E-state index contributed by atoms with van der Waals surface area (Å²) >= 11 is -2.62. The van der Waals surface area contributed by atoms with Gasteiger partial charge in [-0.3, -0.25) is 0 Å². The molecule has 0 aromatic heterocycles. The molecule has 8 heteroatoms. The van der Waals surface area contributed by atoms with Crippen molar-refractivity contribution in [1.29, 1.82) is 0 Å². The summed E-state index contributed by atoms with van der Waals surface area (Å²) in [6.45, 7) is 15.3. The molecule has 0 saturated carbocycles. The number of carboxylic acids is 2. The fourth-order valence-electron chi connectivity index (χ4n) is 2.58. The molecule has 0 amide bonds. The van der Waals surface area contributed by atoms with Gasteiger partial charge in [-0.25, -0.2) is 0 Å². The van der Waals surface area contributed by atoms with Gasteiger partial charge in [-0.2, -0.15) is 0 Å². The van der Waals surface area contributed by atoms with Crippen molar-refractivity contribution in [3.8, 4) is 0 Å². The Morgan fingerprint density at radius 2 is 0.844 bits per heavy atom. The average molecular weight is 670 g/mol. The summed E-state index contributed by atoms with van der Waals surface area (Å²) in [5.41, 5.74) is 0. The van der Waals surface area contributed by atoms with Gasteiger partial charge in [-0.1, -0.05) is 0 Å². The first-order valence-electron chi connectivity index (χ1n) is 12.4. The molecule has 6 nitrogen and oxygen atoms in total. The first-order chi connectivity index (χ1) is 15.3. The van der Waals surface area contributed by atoms with Crippen molar-refractivity contribution >= 4 is 52.3 Å². The van der Waals surface area contributed by atoms with Crippen LogP contribution in [0.2, 0.25) is 17.7 Å². The minimum Gasteiger partial charge on any atom is -0.545 e. The molecule has 0 fully saturated rings. The fraction of sp³-hybridized carbons (Fsp3) is 0.833. The smallest absolute Gasteiger partial charge is 0.0643 e. The van der Waals surface area contributed by atoms with Crippen LogP contribution in [0, 0.1) is 0 Å². The van der Waals surface area contributed by atoms with Gasteiger partial charge in [-0.15, -0.1) is 0 Å². The largest absolute Gasteiger partial charge is 0.545 e. The maximum absolute atomic E-state index is 9.41. The van der Waals surface area contributed by atoms with Gasteiger partial charge in [-0.05, 0) is 12.2 Å². The van der Waals surface area contributed by atoms with E-state index in [0.29, 0.717) is 12.2 Å². The third kappa shape index (κ3) is 34.8. The zero-order valence-electron chi connectivity index (χ0n) is 21.5. The molecule has 0 radical (unpaired) electrons. The summed E-state index contributed by atoms with van der Waals surface area (Å²) in [5, 5.41) is 18.8. The van der Waals surface area contributed by atoms with E-state index in [9.17, 15) is 19.8 Å².